The molecule has 0 aliphatic carbocycles. The molecule has 0 radical (unpaired) electrons. The molecule has 1 atom stereocenters. The average molecular weight is 460 g/mol. The quantitative estimate of drug-likeness (QED) is 0.469. The Labute approximate surface area is 194 Å². The Morgan fingerprint density at radius 3 is 2.42 bits per heavy atom. The molecule has 2 fully saturated rings. The van der Waals surface area contributed by atoms with Crippen LogP contribution in [0.5, 0.6) is 5.75 Å². The van der Waals surface area contributed by atoms with Crippen molar-refractivity contribution in [2.75, 3.05) is 52.3 Å². The summed E-state index contributed by atoms with van der Waals surface area (Å²) in [5.74, 6) is 0.248. The third-order valence-electron chi connectivity index (χ3n) is 5.71. The van der Waals surface area contributed by atoms with Gasteiger partial charge in [-0.1, -0.05) is 0 Å². The highest BCUT2D eigenvalue weighted by atomic mass is 16.5. The van der Waals surface area contributed by atoms with Gasteiger partial charge in [0.1, 0.15) is 18.4 Å². The number of carbonyl (C=O) groups is 3. The van der Waals surface area contributed by atoms with Crippen LogP contribution in [0.1, 0.15) is 32.1 Å². The van der Waals surface area contributed by atoms with Crippen molar-refractivity contribution >= 4 is 29.4 Å². The molecular weight excluding hydrogens is 426 g/mol. The fourth-order valence-corrected chi connectivity index (χ4v) is 3.95. The molecule has 0 unspecified atom stereocenters. The predicted octanol–water partition coefficient (Wildman–Crippen LogP) is 1.23. The highest BCUT2D eigenvalue weighted by Crippen LogP contribution is 2.18. The minimum Gasteiger partial charge on any atom is -0.497 e. The lowest BCUT2D eigenvalue weighted by molar-refractivity contribution is -0.140. The molecule has 0 bridgehead atoms. The number of methoxy groups -OCH3 is 2. The number of carbonyl (C=O) groups excluding carboxylic acids is 3. The highest BCUT2D eigenvalue weighted by Gasteiger charge is 2.30. The summed E-state index contributed by atoms with van der Waals surface area (Å²) >= 11 is 0. The molecule has 3 amide bonds. The summed E-state index contributed by atoms with van der Waals surface area (Å²) in [4.78, 5) is 46.0. The number of likely N-dealkylation sites (tertiary alicyclic amines) is 2. The molecular formula is C23H33N5O5. The van der Waals surface area contributed by atoms with Crippen LogP contribution >= 0.6 is 0 Å². The van der Waals surface area contributed by atoms with E-state index in [4.69, 9.17) is 9.47 Å². The molecule has 3 rings (SSSR count). The third kappa shape index (κ3) is 7.18. The number of nitrogens with one attached hydrogen (secondary N) is 2. The number of hydrogen-bond acceptors (Lipinski definition) is 6. The topological polar surface area (TPSA) is 113 Å². The summed E-state index contributed by atoms with van der Waals surface area (Å²) in [5, 5.41) is 5.75. The maximum Gasteiger partial charge on any atom is 0.252 e. The lowest BCUT2D eigenvalue weighted by Gasteiger charge is -2.25. The normalized spacial score (nSPS) is 19.3. The van der Waals surface area contributed by atoms with E-state index in [0.29, 0.717) is 24.4 Å². The second-order valence-electron chi connectivity index (χ2n) is 8.17. The molecule has 2 aliphatic rings. The number of ether oxygens (including phenoxy) is 2. The molecule has 0 saturated carbocycles. The van der Waals surface area contributed by atoms with Crippen molar-refractivity contribution in [3.05, 3.63) is 24.3 Å². The van der Waals surface area contributed by atoms with Crippen molar-refractivity contribution in [1.82, 2.24) is 15.1 Å². The zero-order valence-corrected chi connectivity index (χ0v) is 19.3. The van der Waals surface area contributed by atoms with Crippen LogP contribution in [0.3, 0.4) is 0 Å². The van der Waals surface area contributed by atoms with Crippen LogP contribution in [0, 0.1) is 0 Å². The van der Waals surface area contributed by atoms with E-state index in [2.05, 4.69) is 15.6 Å². The maximum absolute atomic E-state index is 13.2. The molecule has 0 aromatic heterocycles. The van der Waals surface area contributed by atoms with E-state index < -0.39 is 6.04 Å². The zero-order valence-electron chi connectivity index (χ0n) is 19.3. The van der Waals surface area contributed by atoms with Gasteiger partial charge in [-0.2, -0.15) is 0 Å². The van der Waals surface area contributed by atoms with Gasteiger partial charge >= 0.3 is 0 Å². The van der Waals surface area contributed by atoms with E-state index >= 15 is 0 Å². The molecule has 0 spiro atoms. The Morgan fingerprint density at radius 1 is 1.06 bits per heavy atom. The van der Waals surface area contributed by atoms with E-state index in [1.165, 1.54) is 7.11 Å². The van der Waals surface area contributed by atoms with Crippen LogP contribution in [-0.2, 0) is 19.1 Å². The van der Waals surface area contributed by atoms with Gasteiger partial charge in [-0.05, 0) is 56.4 Å². The Hall–Kier alpha value is -3.14. The fourth-order valence-electron chi connectivity index (χ4n) is 3.95. The first-order valence-electron chi connectivity index (χ1n) is 11.3. The predicted molar refractivity (Wildman–Crippen MR) is 124 cm³/mol. The Morgan fingerprint density at radius 2 is 1.76 bits per heavy atom. The van der Waals surface area contributed by atoms with E-state index in [0.717, 1.165) is 38.8 Å². The lowest BCUT2D eigenvalue weighted by atomic mass is 10.1. The van der Waals surface area contributed by atoms with Crippen LogP contribution in [0.25, 0.3) is 0 Å². The summed E-state index contributed by atoms with van der Waals surface area (Å²) < 4.78 is 10.1. The second-order valence-corrected chi connectivity index (χ2v) is 8.17. The van der Waals surface area contributed by atoms with Crippen LogP contribution < -0.4 is 15.4 Å². The monoisotopic (exact) mass is 459 g/mol. The first-order chi connectivity index (χ1) is 16.0. The second kappa shape index (κ2) is 12.2. The van der Waals surface area contributed by atoms with Gasteiger partial charge in [-0.25, -0.2) is 4.99 Å². The summed E-state index contributed by atoms with van der Waals surface area (Å²) in [6, 6.07) is 6.43. The number of rotatable bonds is 7. The number of anilines is 1. The molecule has 1 aromatic carbocycles. The van der Waals surface area contributed by atoms with Gasteiger partial charge in [-0.3, -0.25) is 19.7 Å². The van der Waals surface area contributed by atoms with Gasteiger partial charge in [0.15, 0.2) is 0 Å². The van der Waals surface area contributed by atoms with Crippen molar-refractivity contribution in [2.24, 2.45) is 4.99 Å². The van der Waals surface area contributed by atoms with Gasteiger partial charge in [0.05, 0.1) is 13.7 Å². The van der Waals surface area contributed by atoms with Gasteiger partial charge in [0, 0.05) is 32.4 Å². The van der Waals surface area contributed by atoms with Crippen LogP contribution in [0.15, 0.2) is 29.3 Å². The summed E-state index contributed by atoms with van der Waals surface area (Å²) in [6.45, 7) is 1.97. The van der Waals surface area contributed by atoms with Gasteiger partial charge in [-0.15, -0.1) is 0 Å². The number of nitrogens with zero attached hydrogens (tertiary/aromatic N) is 3. The Bertz CT molecular complexity index is 851. The Kier molecular flexibility index (Phi) is 9.05. The molecule has 1 aromatic rings. The molecule has 2 aliphatic heterocycles. The molecule has 33 heavy (non-hydrogen) atoms. The van der Waals surface area contributed by atoms with Gasteiger partial charge in [0.2, 0.25) is 17.8 Å². The van der Waals surface area contributed by atoms with E-state index in [-0.39, 0.29) is 36.8 Å². The average Bonchev–Trinajstić information content (AvgIpc) is 3.30. The third-order valence-corrected chi connectivity index (χ3v) is 5.71. The lowest BCUT2D eigenvalue weighted by Crippen LogP contribution is -2.46. The largest absolute Gasteiger partial charge is 0.497 e. The number of hydrogen-bond donors (Lipinski definition) is 2. The molecule has 2 saturated heterocycles. The van der Waals surface area contributed by atoms with E-state index in [1.54, 1.807) is 36.3 Å². The standard InChI is InChI=1S/C23H33N5O5/c1-32-16-20(29)26-23(24-17-8-10-18(33-2)11-9-17)25-19-7-3-4-14-28(22(19)31)15-21(30)27-12-5-6-13-27/h8-11,19H,3-7,12-16H2,1-2H3,(H2,24,25,26,29)/t19-/m0/s1. The molecule has 10 heteroatoms. The minimum atomic E-state index is -0.692. The number of aliphatic imine (C=N–C) groups is 1. The van der Waals surface area contributed by atoms with Crippen molar-refractivity contribution in [2.45, 2.75) is 38.1 Å². The fraction of sp³-hybridized carbons (Fsp3) is 0.565. The maximum atomic E-state index is 13.2. The zero-order chi connectivity index (χ0) is 23.6. The van der Waals surface area contributed by atoms with E-state index in [1.807, 2.05) is 4.90 Å². The summed E-state index contributed by atoms with van der Waals surface area (Å²) in [6.07, 6.45) is 4.17. The van der Waals surface area contributed by atoms with Gasteiger partial charge < -0.3 is 24.6 Å². The van der Waals surface area contributed by atoms with Crippen molar-refractivity contribution in [3.63, 3.8) is 0 Å². The Balaban J connectivity index is 1.75. The van der Waals surface area contributed by atoms with Crippen LogP contribution in [0.4, 0.5) is 5.69 Å². The first kappa shape index (κ1) is 24.5. The van der Waals surface area contributed by atoms with Crippen LogP contribution in [-0.4, -0.2) is 86.5 Å². The smallest absolute Gasteiger partial charge is 0.252 e. The number of amides is 3. The number of benzene rings is 1. The van der Waals surface area contributed by atoms with Crippen molar-refractivity contribution in [1.29, 1.82) is 0 Å². The van der Waals surface area contributed by atoms with Crippen molar-refractivity contribution < 1.29 is 23.9 Å². The molecule has 180 valence electrons. The SMILES string of the molecule is COCC(=O)NC(=N[C@H]1CCCCN(CC(=O)N2CCCC2)C1=O)Nc1ccc(OC)cc1. The molecule has 2 heterocycles. The van der Waals surface area contributed by atoms with Crippen molar-refractivity contribution in [3.8, 4) is 5.75 Å². The summed E-state index contributed by atoms with van der Waals surface area (Å²) in [7, 11) is 3.01. The summed E-state index contributed by atoms with van der Waals surface area (Å²) in [5.41, 5.74) is 0.675. The number of guanidine groups is 1. The molecule has 2 N–H and O–H groups in total. The van der Waals surface area contributed by atoms with E-state index in [9.17, 15) is 14.4 Å². The van der Waals surface area contributed by atoms with Gasteiger partial charge in [0.25, 0.3) is 5.91 Å². The minimum absolute atomic E-state index is 0.0181. The highest BCUT2D eigenvalue weighted by molar-refractivity contribution is 6.05. The first-order valence-corrected chi connectivity index (χ1v) is 11.3. The molecule has 10 nitrogen and oxygen atoms in total. The van der Waals surface area contributed by atoms with Crippen LogP contribution in [0.2, 0.25) is 0 Å².